The van der Waals surface area contributed by atoms with Gasteiger partial charge in [0.05, 0.1) is 10.2 Å². The fourth-order valence-corrected chi connectivity index (χ4v) is 1.95. The Balaban J connectivity index is 2.12. The van der Waals surface area contributed by atoms with Crippen molar-refractivity contribution in [1.29, 1.82) is 0 Å². The fourth-order valence-electron chi connectivity index (χ4n) is 1.47. The molecular weight excluding hydrogens is 306 g/mol. The molecule has 0 atom stereocenters. The lowest BCUT2D eigenvalue weighted by atomic mass is 10.2. The molecule has 5 nitrogen and oxygen atoms in total. The van der Waals surface area contributed by atoms with E-state index in [1.54, 1.807) is 4.68 Å². The highest BCUT2D eigenvalue weighted by Crippen LogP contribution is 2.26. The molecule has 17 heavy (non-hydrogen) atoms. The van der Waals surface area contributed by atoms with Crippen molar-refractivity contribution in [3.8, 4) is 0 Å². The number of nitrogens with zero attached hydrogens (tertiary/aromatic N) is 4. The zero-order chi connectivity index (χ0) is 12.4. The number of hydrogen-bond donors (Lipinski definition) is 1. The molecule has 7 heteroatoms. The first-order valence-corrected chi connectivity index (χ1v) is 6.14. The Hall–Kier alpha value is -1.14. The average molecular weight is 317 g/mol. The summed E-state index contributed by atoms with van der Waals surface area (Å²) in [5, 5.41) is 7.85. The van der Waals surface area contributed by atoms with E-state index in [0.717, 1.165) is 11.3 Å². The number of rotatable bonds is 3. The highest BCUT2D eigenvalue weighted by molar-refractivity contribution is 9.10. The molecule has 90 valence electrons. The number of nitrogens with one attached hydrogen (secondary N) is 1. The molecule has 0 unspecified atom stereocenters. The minimum Gasteiger partial charge on any atom is -0.365 e. The van der Waals surface area contributed by atoms with Crippen molar-refractivity contribution in [2.24, 2.45) is 7.05 Å². The predicted octanol–water partition coefficient (Wildman–Crippen LogP) is 2.55. The molecule has 0 bridgehead atoms. The van der Waals surface area contributed by atoms with E-state index < -0.39 is 0 Å². The summed E-state index contributed by atoms with van der Waals surface area (Å²) < 4.78 is 2.46. The number of aryl methyl sites for hydroxylation is 2. The Morgan fingerprint density at radius 1 is 1.47 bits per heavy atom. The Morgan fingerprint density at radius 2 is 2.24 bits per heavy atom. The van der Waals surface area contributed by atoms with E-state index in [1.165, 1.54) is 6.33 Å². The molecule has 0 aliphatic rings. The van der Waals surface area contributed by atoms with Gasteiger partial charge in [0.15, 0.2) is 0 Å². The molecule has 2 heterocycles. The largest absolute Gasteiger partial charge is 0.365 e. The van der Waals surface area contributed by atoms with E-state index in [4.69, 9.17) is 11.6 Å². The van der Waals surface area contributed by atoms with E-state index in [-0.39, 0.29) is 0 Å². The molecule has 0 fully saturated rings. The van der Waals surface area contributed by atoms with Gasteiger partial charge in [-0.3, -0.25) is 4.68 Å². The fraction of sp³-hybridized carbons (Fsp3) is 0.300. The van der Waals surface area contributed by atoms with Gasteiger partial charge >= 0.3 is 0 Å². The predicted molar refractivity (Wildman–Crippen MR) is 70.0 cm³/mol. The summed E-state index contributed by atoms with van der Waals surface area (Å²) in [5.41, 5.74) is 2.12. The van der Waals surface area contributed by atoms with Crippen molar-refractivity contribution in [1.82, 2.24) is 19.7 Å². The standard InChI is InChI=1S/C10H11BrClN5/c1-6-7(4-17(2)16-6)3-13-10-8(11)9(12)14-5-15-10/h4-5H,3H2,1-2H3,(H,13,14,15). The molecular formula is C10H11BrClN5. The maximum absolute atomic E-state index is 5.88. The van der Waals surface area contributed by atoms with E-state index >= 15 is 0 Å². The second-order valence-electron chi connectivity index (χ2n) is 3.59. The van der Waals surface area contributed by atoms with Gasteiger partial charge in [0.25, 0.3) is 0 Å². The molecule has 0 spiro atoms. The minimum atomic E-state index is 0.394. The number of hydrogen-bond acceptors (Lipinski definition) is 4. The van der Waals surface area contributed by atoms with Crippen LogP contribution in [0.2, 0.25) is 5.15 Å². The molecule has 0 radical (unpaired) electrons. The highest BCUT2D eigenvalue weighted by Gasteiger charge is 2.08. The summed E-state index contributed by atoms with van der Waals surface area (Å²) in [6, 6.07) is 0. The summed E-state index contributed by atoms with van der Waals surface area (Å²) in [5.74, 6) is 0.674. The Kier molecular flexibility index (Phi) is 3.63. The van der Waals surface area contributed by atoms with Crippen molar-refractivity contribution in [3.05, 3.63) is 33.4 Å². The third-order valence-corrected chi connectivity index (χ3v) is 3.57. The van der Waals surface area contributed by atoms with Crippen LogP contribution >= 0.6 is 27.5 Å². The minimum absolute atomic E-state index is 0.394. The summed E-state index contributed by atoms with van der Waals surface area (Å²) >= 11 is 9.21. The van der Waals surface area contributed by atoms with Crippen LogP contribution in [0, 0.1) is 6.92 Å². The lowest BCUT2D eigenvalue weighted by Gasteiger charge is -2.06. The maximum atomic E-state index is 5.88. The SMILES string of the molecule is Cc1nn(C)cc1CNc1ncnc(Cl)c1Br. The molecule has 2 aromatic heterocycles. The summed E-state index contributed by atoms with van der Waals surface area (Å²) in [4.78, 5) is 7.98. The van der Waals surface area contributed by atoms with Gasteiger partial charge in [0.1, 0.15) is 17.3 Å². The quantitative estimate of drug-likeness (QED) is 0.884. The summed E-state index contributed by atoms with van der Waals surface area (Å²) in [7, 11) is 1.90. The van der Waals surface area contributed by atoms with Crippen LogP contribution in [-0.4, -0.2) is 19.7 Å². The Bertz CT molecular complexity index is 539. The van der Waals surface area contributed by atoms with E-state index in [1.807, 2.05) is 20.2 Å². The van der Waals surface area contributed by atoms with Crippen molar-refractivity contribution in [2.45, 2.75) is 13.5 Å². The first-order valence-electron chi connectivity index (χ1n) is 4.97. The van der Waals surface area contributed by atoms with Gasteiger partial charge in [-0.15, -0.1) is 0 Å². The molecule has 0 aliphatic carbocycles. The monoisotopic (exact) mass is 315 g/mol. The molecule has 2 rings (SSSR count). The zero-order valence-electron chi connectivity index (χ0n) is 9.41. The van der Waals surface area contributed by atoms with Gasteiger partial charge in [0, 0.05) is 25.4 Å². The van der Waals surface area contributed by atoms with Gasteiger partial charge in [-0.2, -0.15) is 5.10 Å². The van der Waals surface area contributed by atoms with Crippen molar-refractivity contribution in [3.63, 3.8) is 0 Å². The molecule has 0 saturated carbocycles. The van der Waals surface area contributed by atoms with Crippen LogP contribution in [0.3, 0.4) is 0 Å². The van der Waals surface area contributed by atoms with Gasteiger partial charge in [-0.25, -0.2) is 9.97 Å². The Morgan fingerprint density at radius 3 is 2.88 bits per heavy atom. The zero-order valence-corrected chi connectivity index (χ0v) is 11.7. The van der Waals surface area contributed by atoms with Gasteiger partial charge < -0.3 is 5.32 Å². The van der Waals surface area contributed by atoms with E-state index in [0.29, 0.717) is 22.0 Å². The second kappa shape index (κ2) is 5.01. The number of anilines is 1. The molecule has 1 N–H and O–H groups in total. The lowest BCUT2D eigenvalue weighted by Crippen LogP contribution is -2.03. The van der Waals surface area contributed by atoms with Crippen LogP contribution < -0.4 is 5.32 Å². The van der Waals surface area contributed by atoms with Crippen LogP contribution in [0.1, 0.15) is 11.3 Å². The van der Waals surface area contributed by atoms with Crippen LogP contribution in [0.15, 0.2) is 17.0 Å². The second-order valence-corrected chi connectivity index (χ2v) is 4.75. The molecule has 0 amide bonds. The number of aromatic nitrogens is 4. The lowest BCUT2D eigenvalue weighted by molar-refractivity contribution is 0.756. The molecule has 2 aromatic rings. The smallest absolute Gasteiger partial charge is 0.148 e. The van der Waals surface area contributed by atoms with Gasteiger partial charge in [-0.05, 0) is 22.9 Å². The van der Waals surface area contributed by atoms with Crippen molar-refractivity contribution >= 4 is 33.3 Å². The van der Waals surface area contributed by atoms with Crippen LogP contribution in [0.25, 0.3) is 0 Å². The van der Waals surface area contributed by atoms with Gasteiger partial charge in [0.2, 0.25) is 0 Å². The molecule has 0 aromatic carbocycles. The summed E-state index contributed by atoms with van der Waals surface area (Å²) in [6.45, 7) is 2.62. The summed E-state index contributed by atoms with van der Waals surface area (Å²) in [6.07, 6.45) is 3.39. The first kappa shape index (κ1) is 12.3. The van der Waals surface area contributed by atoms with Gasteiger partial charge in [-0.1, -0.05) is 11.6 Å². The highest BCUT2D eigenvalue weighted by atomic mass is 79.9. The maximum Gasteiger partial charge on any atom is 0.148 e. The molecule has 0 aliphatic heterocycles. The normalized spacial score (nSPS) is 10.6. The third-order valence-electron chi connectivity index (χ3n) is 2.31. The average Bonchev–Trinajstić information content (AvgIpc) is 2.60. The van der Waals surface area contributed by atoms with Crippen molar-refractivity contribution < 1.29 is 0 Å². The molecule has 0 saturated heterocycles. The number of halogens is 2. The van der Waals surface area contributed by atoms with Crippen LogP contribution in [-0.2, 0) is 13.6 Å². The topological polar surface area (TPSA) is 55.6 Å². The van der Waals surface area contributed by atoms with Crippen LogP contribution in [0.4, 0.5) is 5.82 Å². The van der Waals surface area contributed by atoms with Crippen molar-refractivity contribution in [2.75, 3.05) is 5.32 Å². The third kappa shape index (κ3) is 2.76. The van der Waals surface area contributed by atoms with Crippen LogP contribution in [0.5, 0.6) is 0 Å². The Labute approximate surface area is 112 Å². The van der Waals surface area contributed by atoms with E-state index in [2.05, 4.69) is 36.3 Å². The van der Waals surface area contributed by atoms with E-state index in [9.17, 15) is 0 Å². The first-order chi connectivity index (χ1) is 8.08.